The fourth-order valence-corrected chi connectivity index (χ4v) is 1.73. The van der Waals surface area contributed by atoms with E-state index in [2.05, 4.69) is 4.90 Å². The zero-order valence-electron chi connectivity index (χ0n) is 8.04. The second kappa shape index (κ2) is 4.01. The molecule has 0 unspecified atom stereocenters. The van der Waals surface area contributed by atoms with Crippen LogP contribution in [-0.4, -0.2) is 42.5 Å². The van der Waals surface area contributed by atoms with Crippen LogP contribution in [0.4, 0.5) is 0 Å². The smallest absolute Gasteiger partial charge is 0.143 e. The topological polar surface area (TPSA) is 29.5 Å². The summed E-state index contributed by atoms with van der Waals surface area (Å²) in [7, 11) is 0. The standard InChI is InChI=1S/C9H17NO2/c1-7(11)4-10-5-8(2)12-9(3)6-10/h8-9H,4-6H2,1-3H3/t8-,9-/m1/s1. The van der Waals surface area contributed by atoms with E-state index in [4.69, 9.17) is 4.74 Å². The maximum absolute atomic E-state index is 10.8. The van der Waals surface area contributed by atoms with Crippen LogP contribution < -0.4 is 0 Å². The van der Waals surface area contributed by atoms with Gasteiger partial charge in [0, 0.05) is 13.1 Å². The van der Waals surface area contributed by atoms with Gasteiger partial charge in [0.1, 0.15) is 5.78 Å². The molecule has 0 aliphatic carbocycles. The van der Waals surface area contributed by atoms with Gasteiger partial charge < -0.3 is 4.74 Å². The maximum atomic E-state index is 10.8. The van der Waals surface area contributed by atoms with Crippen molar-refractivity contribution in [2.75, 3.05) is 19.6 Å². The molecule has 2 atom stereocenters. The van der Waals surface area contributed by atoms with Crippen molar-refractivity contribution in [3.05, 3.63) is 0 Å². The Balaban J connectivity index is 2.38. The number of carbonyl (C=O) groups is 1. The second-order valence-corrected chi connectivity index (χ2v) is 3.65. The van der Waals surface area contributed by atoms with Gasteiger partial charge in [0.05, 0.1) is 18.8 Å². The molecular weight excluding hydrogens is 154 g/mol. The molecule has 0 spiro atoms. The average Bonchev–Trinajstić information content (AvgIpc) is 1.81. The summed E-state index contributed by atoms with van der Waals surface area (Å²) in [5.74, 6) is 0.233. The predicted octanol–water partition coefficient (Wildman–Crippen LogP) is 0.685. The lowest BCUT2D eigenvalue weighted by Crippen LogP contribution is -2.46. The number of Topliss-reactive ketones (excluding diaryl/α,β-unsaturated/α-hetero) is 1. The molecule has 12 heavy (non-hydrogen) atoms. The number of carbonyl (C=O) groups excluding carboxylic acids is 1. The van der Waals surface area contributed by atoms with E-state index in [9.17, 15) is 4.79 Å². The monoisotopic (exact) mass is 171 g/mol. The van der Waals surface area contributed by atoms with E-state index in [0.29, 0.717) is 6.54 Å². The number of nitrogens with zero attached hydrogens (tertiary/aromatic N) is 1. The number of rotatable bonds is 2. The molecule has 0 saturated carbocycles. The molecule has 0 amide bonds. The van der Waals surface area contributed by atoms with Crippen LogP contribution in [0.15, 0.2) is 0 Å². The van der Waals surface area contributed by atoms with Crippen LogP contribution in [0.3, 0.4) is 0 Å². The van der Waals surface area contributed by atoms with Crippen LogP contribution >= 0.6 is 0 Å². The highest BCUT2D eigenvalue weighted by Gasteiger charge is 2.22. The van der Waals surface area contributed by atoms with Gasteiger partial charge in [-0.1, -0.05) is 0 Å². The first-order valence-corrected chi connectivity index (χ1v) is 4.45. The molecule has 0 N–H and O–H groups in total. The van der Waals surface area contributed by atoms with Gasteiger partial charge in [0.2, 0.25) is 0 Å². The van der Waals surface area contributed by atoms with Gasteiger partial charge in [-0.05, 0) is 20.8 Å². The normalized spacial score (nSPS) is 31.9. The van der Waals surface area contributed by atoms with Crippen molar-refractivity contribution in [3.8, 4) is 0 Å². The molecule has 1 fully saturated rings. The largest absolute Gasteiger partial charge is 0.373 e. The van der Waals surface area contributed by atoms with E-state index < -0.39 is 0 Å². The third kappa shape index (κ3) is 2.91. The lowest BCUT2D eigenvalue weighted by Gasteiger charge is -2.34. The molecule has 1 rings (SSSR count). The Morgan fingerprint density at radius 3 is 2.33 bits per heavy atom. The molecule has 0 aromatic carbocycles. The third-order valence-electron chi connectivity index (χ3n) is 1.94. The predicted molar refractivity (Wildman–Crippen MR) is 47.1 cm³/mol. The van der Waals surface area contributed by atoms with Gasteiger partial charge in [0.25, 0.3) is 0 Å². The van der Waals surface area contributed by atoms with E-state index in [-0.39, 0.29) is 18.0 Å². The van der Waals surface area contributed by atoms with Crippen LogP contribution in [0.2, 0.25) is 0 Å². The van der Waals surface area contributed by atoms with Crippen molar-refractivity contribution in [1.29, 1.82) is 0 Å². The number of hydrogen-bond donors (Lipinski definition) is 0. The molecule has 3 heteroatoms. The Bertz CT molecular complexity index is 160. The highest BCUT2D eigenvalue weighted by molar-refractivity contribution is 5.77. The lowest BCUT2D eigenvalue weighted by atomic mass is 10.2. The minimum atomic E-state index is 0.233. The fraction of sp³-hybridized carbons (Fsp3) is 0.889. The minimum Gasteiger partial charge on any atom is -0.373 e. The molecule has 70 valence electrons. The first kappa shape index (κ1) is 9.68. The van der Waals surface area contributed by atoms with Crippen molar-refractivity contribution in [1.82, 2.24) is 4.90 Å². The van der Waals surface area contributed by atoms with Crippen LogP contribution in [0.5, 0.6) is 0 Å². The van der Waals surface area contributed by atoms with Crippen molar-refractivity contribution < 1.29 is 9.53 Å². The van der Waals surface area contributed by atoms with Crippen LogP contribution in [0.25, 0.3) is 0 Å². The zero-order valence-corrected chi connectivity index (χ0v) is 8.04. The molecule has 1 aliphatic rings. The van der Waals surface area contributed by atoms with Crippen LogP contribution in [-0.2, 0) is 9.53 Å². The summed E-state index contributed by atoms with van der Waals surface area (Å²) < 4.78 is 5.54. The van der Waals surface area contributed by atoms with E-state index >= 15 is 0 Å². The summed E-state index contributed by atoms with van der Waals surface area (Å²) in [4.78, 5) is 13.0. The van der Waals surface area contributed by atoms with E-state index in [1.165, 1.54) is 0 Å². The minimum absolute atomic E-state index is 0.233. The Kier molecular flexibility index (Phi) is 3.23. The quantitative estimate of drug-likeness (QED) is 0.612. The molecule has 1 aliphatic heterocycles. The van der Waals surface area contributed by atoms with Gasteiger partial charge in [-0.25, -0.2) is 0 Å². The van der Waals surface area contributed by atoms with Crippen molar-refractivity contribution in [2.45, 2.75) is 33.0 Å². The zero-order chi connectivity index (χ0) is 9.14. The Labute approximate surface area is 73.7 Å². The number of ketones is 1. The molecule has 0 bridgehead atoms. The van der Waals surface area contributed by atoms with E-state index in [1.807, 2.05) is 13.8 Å². The van der Waals surface area contributed by atoms with Gasteiger partial charge in [-0.3, -0.25) is 9.69 Å². The lowest BCUT2D eigenvalue weighted by molar-refractivity contribution is -0.121. The van der Waals surface area contributed by atoms with Gasteiger partial charge in [0.15, 0.2) is 0 Å². The SMILES string of the molecule is CC(=O)CN1C[C@@H](C)O[C@H](C)C1. The summed E-state index contributed by atoms with van der Waals surface area (Å²) in [6.45, 7) is 8.04. The highest BCUT2D eigenvalue weighted by atomic mass is 16.5. The Morgan fingerprint density at radius 2 is 1.92 bits per heavy atom. The molecule has 1 heterocycles. The molecular formula is C9H17NO2. The summed E-state index contributed by atoms with van der Waals surface area (Å²) in [5, 5.41) is 0. The van der Waals surface area contributed by atoms with Crippen molar-refractivity contribution >= 4 is 5.78 Å². The summed E-state index contributed by atoms with van der Waals surface area (Å²) >= 11 is 0. The molecule has 0 aromatic rings. The Hall–Kier alpha value is -0.410. The molecule has 1 saturated heterocycles. The van der Waals surface area contributed by atoms with Crippen molar-refractivity contribution in [3.63, 3.8) is 0 Å². The summed E-state index contributed by atoms with van der Waals surface area (Å²) in [6.07, 6.45) is 0.515. The van der Waals surface area contributed by atoms with Gasteiger partial charge >= 0.3 is 0 Å². The van der Waals surface area contributed by atoms with Gasteiger partial charge in [-0.15, -0.1) is 0 Å². The average molecular weight is 171 g/mol. The second-order valence-electron chi connectivity index (χ2n) is 3.65. The summed E-state index contributed by atoms with van der Waals surface area (Å²) in [5.41, 5.74) is 0. The molecule has 0 radical (unpaired) electrons. The third-order valence-corrected chi connectivity index (χ3v) is 1.94. The first-order valence-electron chi connectivity index (χ1n) is 4.45. The molecule has 0 aromatic heterocycles. The first-order chi connectivity index (χ1) is 5.58. The fourth-order valence-electron chi connectivity index (χ4n) is 1.73. The van der Waals surface area contributed by atoms with Gasteiger partial charge in [-0.2, -0.15) is 0 Å². The van der Waals surface area contributed by atoms with Crippen LogP contribution in [0, 0.1) is 0 Å². The molecule has 3 nitrogen and oxygen atoms in total. The number of ether oxygens (including phenoxy) is 1. The highest BCUT2D eigenvalue weighted by Crippen LogP contribution is 2.09. The van der Waals surface area contributed by atoms with E-state index in [1.54, 1.807) is 6.92 Å². The number of morpholine rings is 1. The van der Waals surface area contributed by atoms with E-state index in [0.717, 1.165) is 13.1 Å². The van der Waals surface area contributed by atoms with Crippen LogP contribution in [0.1, 0.15) is 20.8 Å². The van der Waals surface area contributed by atoms with Crippen molar-refractivity contribution in [2.24, 2.45) is 0 Å². The summed E-state index contributed by atoms with van der Waals surface area (Å²) in [6, 6.07) is 0. The maximum Gasteiger partial charge on any atom is 0.143 e. The number of hydrogen-bond acceptors (Lipinski definition) is 3. The Morgan fingerprint density at radius 1 is 1.42 bits per heavy atom.